The summed E-state index contributed by atoms with van der Waals surface area (Å²) < 4.78 is 1.95. The summed E-state index contributed by atoms with van der Waals surface area (Å²) in [7, 11) is 0. The minimum Gasteiger partial charge on any atom is -0.383 e. The summed E-state index contributed by atoms with van der Waals surface area (Å²) in [6.45, 7) is 5.35. The van der Waals surface area contributed by atoms with Crippen molar-refractivity contribution < 1.29 is 9.59 Å². The second kappa shape index (κ2) is 10.7. The van der Waals surface area contributed by atoms with Gasteiger partial charge in [-0.25, -0.2) is 15.0 Å². The highest BCUT2D eigenvalue weighted by atomic mass is 16.2. The minimum absolute atomic E-state index is 0.0255. The number of imidazole rings is 1. The Morgan fingerprint density at radius 1 is 0.974 bits per heavy atom. The number of nitrogen functional groups attached to an aromatic ring is 1. The predicted molar refractivity (Wildman–Crippen MR) is 153 cm³/mol. The number of pyridine rings is 2. The predicted octanol–water partition coefficient (Wildman–Crippen LogP) is 4.76. The molecule has 9 heteroatoms. The number of aromatic nitrogens is 4. The average molecular weight is 520 g/mol. The summed E-state index contributed by atoms with van der Waals surface area (Å²) in [6.07, 6.45) is 1.93. The molecule has 3 aromatic heterocycles. The number of hydrogen-bond acceptors (Lipinski definition) is 6. The van der Waals surface area contributed by atoms with Crippen molar-refractivity contribution in [1.82, 2.24) is 24.8 Å². The maximum Gasteiger partial charge on any atom is 0.224 e. The molecule has 0 saturated carbocycles. The van der Waals surface area contributed by atoms with Crippen molar-refractivity contribution in [1.29, 1.82) is 0 Å². The summed E-state index contributed by atoms with van der Waals surface area (Å²) in [5.74, 6) is 0.803. The molecule has 0 aliphatic heterocycles. The van der Waals surface area contributed by atoms with E-state index in [1.54, 1.807) is 6.20 Å². The van der Waals surface area contributed by atoms with Crippen LogP contribution in [-0.4, -0.2) is 37.4 Å². The molecule has 0 saturated heterocycles. The van der Waals surface area contributed by atoms with E-state index in [0.29, 0.717) is 40.5 Å². The SMILES string of the molecule is CC(=O)Nc1cccc(-c2ccc3nc(-c4cccnc4N)n(-c4ccc(CC(=O)NC(C)C)cc4)c3n2)c1. The molecule has 39 heavy (non-hydrogen) atoms. The van der Waals surface area contributed by atoms with Crippen molar-refractivity contribution >= 4 is 34.5 Å². The third-order valence-electron chi connectivity index (χ3n) is 6.07. The smallest absolute Gasteiger partial charge is 0.224 e. The van der Waals surface area contributed by atoms with Gasteiger partial charge in [0.2, 0.25) is 11.8 Å². The number of benzene rings is 2. The fourth-order valence-corrected chi connectivity index (χ4v) is 4.43. The Morgan fingerprint density at radius 2 is 1.77 bits per heavy atom. The molecular weight excluding hydrogens is 490 g/mol. The lowest BCUT2D eigenvalue weighted by atomic mass is 10.1. The average Bonchev–Trinajstić information content (AvgIpc) is 3.27. The zero-order valence-corrected chi connectivity index (χ0v) is 22.0. The second-order valence-corrected chi connectivity index (χ2v) is 9.57. The van der Waals surface area contributed by atoms with Gasteiger partial charge in [-0.1, -0.05) is 24.3 Å². The molecule has 2 amide bonds. The molecule has 0 spiro atoms. The quantitative estimate of drug-likeness (QED) is 0.285. The van der Waals surface area contributed by atoms with Gasteiger partial charge in [0, 0.05) is 36.1 Å². The molecule has 0 bridgehead atoms. The van der Waals surface area contributed by atoms with Gasteiger partial charge in [0.15, 0.2) is 11.5 Å². The molecule has 0 aliphatic carbocycles. The summed E-state index contributed by atoms with van der Waals surface area (Å²) >= 11 is 0. The number of fused-ring (bicyclic) bond motifs is 1. The molecule has 0 radical (unpaired) electrons. The van der Waals surface area contributed by atoms with E-state index in [2.05, 4.69) is 15.6 Å². The van der Waals surface area contributed by atoms with Crippen LogP contribution in [0.5, 0.6) is 0 Å². The highest BCUT2D eigenvalue weighted by Gasteiger charge is 2.19. The normalized spacial score (nSPS) is 11.1. The fourth-order valence-electron chi connectivity index (χ4n) is 4.43. The van der Waals surface area contributed by atoms with Gasteiger partial charge < -0.3 is 16.4 Å². The van der Waals surface area contributed by atoms with E-state index < -0.39 is 0 Å². The van der Waals surface area contributed by atoms with E-state index in [1.807, 2.05) is 91.2 Å². The molecule has 9 nitrogen and oxygen atoms in total. The maximum atomic E-state index is 12.3. The number of nitrogens with zero attached hydrogens (tertiary/aromatic N) is 4. The van der Waals surface area contributed by atoms with Crippen LogP contribution >= 0.6 is 0 Å². The van der Waals surface area contributed by atoms with E-state index >= 15 is 0 Å². The number of carbonyl (C=O) groups excluding carboxylic acids is 2. The van der Waals surface area contributed by atoms with Gasteiger partial charge in [0.05, 0.1) is 17.7 Å². The molecular formula is C30H29N7O2. The molecule has 196 valence electrons. The molecule has 0 fully saturated rings. The maximum absolute atomic E-state index is 12.3. The van der Waals surface area contributed by atoms with Gasteiger partial charge in [0.25, 0.3) is 0 Å². The molecule has 5 aromatic rings. The number of hydrogen-bond donors (Lipinski definition) is 3. The highest BCUT2D eigenvalue weighted by molar-refractivity contribution is 5.90. The van der Waals surface area contributed by atoms with Crippen LogP contribution in [0, 0.1) is 0 Å². The lowest BCUT2D eigenvalue weighted by molar-refractivity contribution is -0.121. The van der Waals surface area contributed by atoms with Gasteiger partial charge in [-0.3, -0.25) is 14.2 Å². The zero-order chi connectivity index (χ0) is 27.5. The summed E-state index contributed by atoms with van der Waals surface area (Å²) in [4.78, 5) is 37.9. The van der Waals surface area contributed by atoms with Crippen LogP contribution in [0.15, 0.2) is 79.0 Å². The Bertz CT molecular complexity index is 1670. The van der Waals surface area contributed by atoms with Crippen LogP contribution in [0.4, 0.5) is 11.5 Å². The first-order chi connectivity index (χ1) is 18.8. The van der Waals surface area contributed by atoms with Gasteiger partial charge in [0.1, 0.15) is 11.3 Å². The number of anilines is 2. The lowest BCUT2D eigenvalue weighted by Gasteiger charge is -2.12. The second-order valence-electron chi connectivity index (χ2n) is 9.57. The first-order valence-corrected chi connectivity index (χ1v) is 12.7. The third-order valence-corrected chi connectivity index (χ3v) is 6.07. The fraction of sp³-hybridized carbons (Fsp3) is 0.167. The van der Waals surface area contributed by atoms with Crippen LogP contribution < -0.4 is 16.4 Å². The standard InChI is InChI=1S/C30H29N7O2/c1-18(2)33-27(39)16-20-9-11-23(12-10-20)37-29(24-8-5-15-32-28(24)31)36-26-14-13-25(35-30(26)37)21-6-4-7-22(17-21)34-19(3)38/h4-15,17-18H,16H2,1-3H3,(H2,31,32)(H,33,39)(H,34,38). The van der Waals surface area contributed by atoms with Crippen LogP contribution in [0.3, 0.4) is 0 Å². The van der Waals surface area contributed by atoms with Crippen LogP contribution in [0.2, 0.25) is 0 Å². The van der Waals surface area contributed by atoms with E-state index in [-0.39, 0.29) is 17.9 Å². The Balaban J connectivity index is 1.62. The van der Waals surface area contributed by atoms with Crippen molar-refractivity contribution in [3.8, 4) is 28.3 Å². The lowest BCUT2D eigenvalue weighted by Crippen LogP contribution is -2.31. The molecule has 4 N–H and O–H groups in total. The van der Waals surface area contributed by atoms with E-state index in [0.717, 1.165) is 22.5 Å². The van der Waals surface area contributed by atoms with Crippen molar-refractivity contribution in [3.63, 3.8) is 0 Å². The number of amides is 2. The first-order valence-electron chi connectivity index (χ1n) is 12.7. The topological polar surface area (TPSA) is 128 Å². The molecule has 0 aliphatic rings. The van der Waals surface area contributed by atoms with Crippen molar-refractivity contribution in [2.75, 3.05) is 11.1 Å². The molecule has 0 unspecified atom stereocenters. The Kier molecular flexibility index (Phi) is 7.05. The Labute approximate surface area is 226 Å². The number of nitrogens with one attached hydrogen (secondary N) is 2. The summed E-state index contributed by atoms with van der Waals surface area (Å²) in [6, 6.07) is 22.9. The zero-order valence-electron chi connectivity index (χ0n) is 22.0. The van der Waals surface area contributed by atoms with E-state index in [1.165, 1.54) is 6.92 Å². The Hall–Kier alpha value is -5.05. The summed E-state index contributed by atoms with van der Waals surface area (Å²) in [5.41, 5.74) is 12.3. The van der Waals surface area contributed by atoms with Crippen LogP contribution in [-0.2, 0) is 16.0 Å². The first kappa shape index (κ1) is 25.6. The molecule has 0 atom stereocenters. The third kappa shape index (κ3) is 5.62. The summed E-state index contributed by atoms with van der Waals surface area (Å²) in [5, 5.41) is 5.74. The Morgan fingerprint density at radius 3 is 2.49 bits per heavy atom. The minimum atomic E-state index is -0.141. The van der Waals surface area contributed by atoms with E-state index in [9.17, 15) is 9.59 Å². The molecule has 2 aromatic carbocycles. The van der Waals surface area contributed by atoms with Crippen LogP contribution in [0.25, 0.3) is 39.5 Å². The van der Waals surface area contributed by atoms with Gasteiger partial charge in [-0.2, -0.15) is 0 Å². The van der Waals surface area contributed by atoms with Crippen molar-refractivity contribution in [2.24, 2.45) is 0 Å². The number of carbonyl (C=O) groups is 2. The van der Waals surface area contributed by atoms with Gasteiger partial charge >= 0.3 is 0 Å². The van der Waals surface area contributed by atoms with Crippen molar-refractivity contribution in [2.45, 2.75) is 33.2 Å². The van der Waals surface area contributed by atoms with Crippen LogP contribution in [0.1, 0.15) is 26.3 Å². The number of nitrogens with two attached hydrogens (primary N) is 1. The highest BCUT2D eigenvalue weighted by Crippen LogP contribution is 2.32. The monoisotopic (exact) mass is 519 g/mol. The van der Waals surface area contributed by atoms with E-state index in [4.69, 9.17) is 15.7 Å². The molecule has 3 heterocycles. The number of rotatable bonds is 7. The largest absolute Gasteiger partial charge is 0.383 e. The van der Waals surface area contributed by atoms with Gasteiger partial charge in [-0.05, 0) is 67.9 Å². The molecule has 5 rings (SSSR count). The van der Waals surface area contributed by atoms with Crippen molar-refractivity contribution in [3.05, 3.63) is 84.6 Å². The van der Waals surface area contributed by atoms with Gasteiger partial charge in [-0.15, -0.1) is 0 Å².